The maximum Gasteiger partial charge on any atom is 0.173 e. The first-order valence-corrected chi connectivity index (χ1v) is 5.62. The number of nitrogens with two attached hydrogens (primary N) is 2. The van der Waals surface area contributed by atoms with Gasteiger partial charge >= 0.3 is 0 Å². The van der Waals surface area contributed by atoms with E-state index in [2.05, 4.69) is 0 Å². The number of benzene rings is 1. The number of carbonyl (C=O) groups excluding carboxylic acids is 1. The molecule has 0 saturated carbocycles. The summed E-state index contributed by atoms with van der Waals surface area (Å²) >= 11 is 6.12. The fourth-order valence-electron chi connectivity index (χ4n) is 1.76. The van der Waals surface area contributed by atoms with E-state index in [9.17, 15) is 4.79 Å². The van der Waals surface area contributed by atoms with Gasteiger partial charge in [-0.15, -0.1) is 0 Å². The Hall–Kier alpha value is -1.58. The Morgan fingerprint density at radius 3 is 2.59 bits per heavy atom. The number of ketones is 1. The van der Waals surface area contributed by atoms with Crippen LogP contribution in [0.5, 0.6) is 0 Å². The van der Waals surface area contributed by atoms with Gasteiger partial charge in [-0.1, -0.05) is 41.9 Å². The van der Waals surface area contributed by atoms with E-state index in [1.165, 1.54) is 0 Å². The second-order valence-electron chi connectivity index (χ2n) is 4.04. The van der Waals surface area contributed by atoms with Crippen LogP contribution in [-0.2, 0) is 0 Å². The largest absolute Gasteiger partial charge is 0.399 e. The van der Waals surface area contributed by atoms with Crippen molar-refractivity contribution in [1.82, 2.24) is 0 Å². The second-order valence-corrected chi connectivity index (χ2v) is 4.69. The number of hydrogen-bond acceptors (Lipinski definition) is 3. The van der Waals surface area contributed by atoms with Crippen molar-refractivity contribution in [3.8, 4) is 0 Å². The fraction of sp³-hybridized carbons (Fsp3) is 0.154. The summed E-state index contributed by atoms with van der Waals surface area (Å²) in [5.41, 5.74) is 12.6. The van der Waals surface area contributed by atoms with Crippen molar-refractivity contribution < 1.29 is 4.79 Å². The average molecular weight is 249 g/mol. The summed E-state index contributed by atoms with van der Waals surface area (Å²) in [4.78, 5) is 11.0. The van der Waals surface area contributed by atoms with Crippen LogP contribution in [0.25, 0.3) is 0 Å². The molecule has 0 radical (unpaired) electrons. The Morgan fingerprint density at radius 1 is 1.29 bits per heavy atom. The van der Waals surface area contributed by atoms with Gasteiger partial charge in [-0.25, -0.2) is 0 Å². The third kappa shape index (κ3) is 2.40. The molecule has 2 atom stereocenters. The van der Waals surface area contributed by atoms with E-state index in [0.29, 0.717) is 11.3 Å². The van der Waals surface area contributed by atoms with Crippen LogP contribution in [0.1, 0.15) is 10.4 Å². The minimum atomic E-state index is -1.21. The van der Waals surface area contributed by atoms with Crippen molar-refractivity contribution in [3.63, 3.8) is 0 Å². The van der Waals surface area contributed by atoms with Crippen LogP contribution in [0.15, 0.2) is 54.3 Å². The Kier molecular flexibility index (Phi) is 3.05. The number of allylic oxidation sites excluding steroid dienone is 1. The molecule has 1 aliphatic rings. The molecular weight excluding hydrogens is 236 g/mol. The maximum atomic E-state index is 12.3. The van der Waals surface area contributed by atoms with Gasteiger partial charge in [0.05, 0.1) is 5.92 Å². The zero-order chi connectivity index (χ0) is 12.5. The first kappa shape index (κ1) is 11.9. The van der Waals surface area contributed by atoms with Crippen LogP contribution < -0.4 is 11.5 Å². The van der Waals surface area contributed by atoms with Crippen molar-refractivity contribution >= 4 is 17.4 Å². The van der Waals surface area contributed by atoms with Gasteiger partial charge in [0.15, 0.2) is 5.78 Å². The lowest BCUT2D eigenvalue weighted by atomic mass is 9.87. The zero-order valence-electron chi connectivity index (χ0n) is 9.14. The van der Waals surface area contributed by atoms with E-state index in [-0.39, 0.29) is 5.78 Å². The van der Waals surface area contributed by atoms with E-state index < -0.39 is 10.9 Å². The lowest BCUT2D eigenvalue weighted by molar-refractivity contribution is 0.0930. The van der Waals surface area contributed by atoms with Gasteiger partial charge in [0.2, 0.25) is 0 Å². The third-order valence-corrected chi connectivity index (χ3v) is 3.07. The fourth-order valence-corrected chi connectivity index (χ4v) is 1.99. The van der Waals surface area contributed by atoms with Crippen LogP contribution >= 0.6 is 11.6 Å². The van der Waals surface area contributed by atoms with Crippen molar-refractivity contribution in [2.45, 2.75) is 5.00 Å². The molecule has 0 spiro atoms. The minimum Gasteiger partial charge on any atom is -0.399 e. The molecule has 0 bridgehead atoms. The van der Waals surface area contributed by atoms with Crippen LogP contribution in [0.4, 0.5) is 0 Å². The third-order valence-electron chi connectivity index (χ3n) is 2.71. The number of alkyl halides is 1. The Labute approximate surface area is 105 Å². The molecule has 4 N–H and O–H groups in total. The first-order chi connectivity index (χ1) is 8.00. The van der Waals surface area contributed by atoms with Gasteiger partial charge in [0.25, 0.3) is 0 Å². The highest BCUT2D eigenvalue weighted by molar-refractivity contribution is 6.27. The molecule has 0 aromatic heterocycles. The number of hydrogen-bond donors (Lipinski definition) is 2. The molecule has 0 heterocycles. The predicted molar refractivity (Wildman–Crippen MR) is 68.4 cm³/mol. The summed E-state index contributed by atoms with van der Waals surface area (Å²) in [5.74, 6) is -0.771. The molecule has 0 fully saturated rings. The van der Waals surface area contributed by atoms with Gasteiger partial charge in [-0.2, -0.15) is 0 Å². The quantitative estimate of drug-likeness (QED) is 0.476. The van der Waals surface area contributed by atoms with Crippen LogP contribution in [0.3, 0.4) is 0 Å². The Balaban J connectivity index is 2.34. The summed E-state index contributed by atoms with van der Waals surface area (Å²) in [6.45, 7) is 0. The Morgan fingerprint density at radius 2 is 1.94 bits per heavy atom. The maximum absolute atomic E-state index is 12.3. The summed E-state index contributed by atoms with van der Waals surface area (Å²) in [5, 5.41) is 0. The van der Waals surface area contributed by atoms with Gasteiger partial charge in [-0.05, 0) is 18.2 Å². The Bertz CT molecular complexity index is 491. The van der Waals surface area contributed by atoms with Crippen molar-refractivity contribution in [3.05, 3.63) is 59.8 Å². The van der Waals surface area contributed by atoms with Gasteiger partial charge in [-0.3, -0.25) is 4.79 Å². The first-order valence-electron chi connectivity index (χ1n) is 5.24. The normalized spacial score (nSPS) is 27.6. The monoisotopic (exact) mass is 248 g/mol. The molecule has 0 saturated heterocycles. The van der Waals surface area contributed by atoms with E-state index in [1.807, 2.05) is 6.07 Å². The lowest BCUT2D eigenvalue weighted by Crippen LogP contribution is -2.44. The molecule has 2 rings (SSSR count). The minimum absolute atomic E-state index is 0.129. The highest BCUT2D eigenvalue weighted by Crippen LogP contribution is 2.30. The van der Waals surface area contributed by atoms with E-state index in [1.54, 1.807) is 42.5 Å². The van der Waals surface area contributed by atoms with Crippen molar-refractivity contribution in [1.29, 1.82) is 0 Å². The zero-order valence-corrected chi connectivity index (χ0v) is 9.89. The highest BCUT2D eigenvalue weighted by Gasteiger charge is 2.36. The van der Waals surface area contributed by atoms with Gasteiger partial charge in [0, 0.05) is 11.3 Å². The van der Waals surface area contributed by atoms with E-state index in [4.69, 9.17) is 23.1 Å². The van der Waals surface area contributed by atoms with E-state index >= 15 is 0 Å². The van der Waals surface area contributed by atoms with Gasteiger partial charge < -0.3 is 11.5 Å². The number of rotatable bonds is 2. The van der Waals surface area contributed by atoms with Crippen LogP contribution in [-0.4, -0.2) is 10.8 Å². The SMILES string of the molecule is NC1=CC(C(=O)c2ccccc2)C(N)(Cl)C=C1. The van der Waals surface area contributed by atoms with Crippen molar-refractivity contribution in [2.75, 3.05) is 0 Å². The number of halogens is 1. The van der Waals surface area contributed by atoms with Gasteiger partial charge in [0.1, 0.15) is 5.00 Å². The molecule has 0 aliphatic heterocycles. The second kappa shape index (κ2) is 4.35. The van der Waals surface area contributed by atoms with Crippen molar-refractivity contribution in [2.24, 2.45) is 17.4 Å². The lowest BCUT2D eigenvalue weighted by Gasteiger charge is -2.28. The highest BCUT2D eigenvalue weighted by atomic mass is 35.5. The molecule has 1 aromatic rings. The summed E-state index contributed by atoms with van der Waals surface area (Å²) in [7, 11) is 0. The molecule has 2 unspecified atom stereocenters. The van der Waals surface area contributed by atoms with Crippen LogP contribution in [0, 0.1) is 5.92 Å². The number of carbonyl (C=O) groups is 1. The molecular formula is C13H13ClN2O. The number of Topliss-reactive ketones (excluding diaryl/α,β-unsaturated/α-hetero) is 1. The summed E-state index contributed by atoms with van der Waals surface area (Å²) < 4.78 is 0. The van der Waals surface area contributed by atoms with E-state index in [0.717, 1.165) is 0 Å². The molecule has 1 aromatic carbocycles. The molecule has 0 amide bonds. The molecule has 17 heavy (non-hydrogen) atoms. The summed E-state index contributed by atoms with van der Waals surface area (Å²) in [6, 6.07) is 8.91. The molecule has 4 heteroatoms. The molecule has 1 aliphatic carbocycles. The van der Waals surface area contributed by atoms with Crippen LogP contribution in [0.2, 0.25) is 0 Å². The topological polar surface area (TPSA) is 69.1 Å². The summed E-state index contributed by atoms with van der Waals surface area (Å²) in [6.07, 6.45) is 4.76. The smallest absolute Gasteiger partial charge is 0.173 e. The molecule has 3 nitrogen and oxygen atoms in total. The average Bonchev–Trinajstić information content (AvgIpc) is 2.33. The predicted octanol–water partition coefficient (Wildman–Crippen LogP) is 1.79. The molecule has 88 valence electrons. The standard InChI is InChI=1S/C13H13ClN2O/c14-13(16)7-6-10(15)8-11(13)12(17)9-4-2-1-3-5-9/h1-8,11H,15-16H2.